The number of hydrogen-bond acceptors (Lipinski definition) is 4. The van der Waals surface area contributed by atoms with Crippen molar-refractivity contribution in [3.05, 3.63) is 29.3 Å². The van der Waals surface area contributed by atoms with Gasteiger partial charge in [0.25, 0.3) is 5.91 Å². The third-order valence-electron chi connectivity index (χ3n) is 5.15. The highest BCUT2D eigenvalue weighted by molar-refractivity contribution is 5.94. The summed E-state index contributed by atoms with van der Waals surface area (Å²) in [5.74, 6) is 0.921. The quantitative estimate of drug-likeness (QED) is 0.920. The molecular weight excluding hydrogens is 292 g/mol. The number of rotatable bonds is 3. The summed E-state index contributed by atoms with van der Waals surface area (Å²) >= 11 is 0. The first kappa shape index (κ1) is 15.0. The number of amides is 1. The molecule has 4 rings (SSSR count). The Morgan fingerprint density at radius 2 is 2.04 bits per heavy atom. The highest BCUT2D eigenvalue weighted by atomic mass is 16.5. The zero-order chi connectivity index (χ0) is 15.6. The number of aryl methyl sites for hydroxylation is 1. The van der Waals surface area contributed by atoms with Crippen LogP contribution in [0.15, 0.2) is 18.2 Å². The number of carbonyl (C=O) groups excluding carboxylic acids is 1. The average molecular weight is 316 g/mol. The van der Waals surface area contributed by atoms with Gasteiger partial charge in [0.05, 0.1) is 31.9 Å². The maximum atomic E-state index is 12.6. The molecule has 0 bridgehead atoms. The predicted molar refractivity (Wildman–Crippen MR) is 86.9 cm³/mol. The first-order chi connectivity index (χ1) is 11.3. The zero-order valence-corrected chi connectivity index (χ0v) is 13.4. The summed E-state index contributed by atoms with van der Waals surface area (Å²) < 4.78 is 11.3. The lowest BCUT2D eigenvalue weighted by molar-refractivity contribution is 0.0916. The Kier molecular flexibility index (Phi) is 4.23. The molecule has 3 aliphatic heterocycles. The Morgan fingerprint density at radius 3 is 2.91 bits per heavy atom. The van der Waals surface area contributed by atoms with Gasteiger partial charge in [0.2, 0.25) is 0 Å². The van der Waals surface area contributed by atoms with Crippen molar-refractivity contribution in [2.75, 3.05) is 32.9 Å². The molecule has 1 aromatic carbocycles. The molecule has 0 aliphatic carbocycles. The average Bonchev–Trinajstić information content (AvgIpc) is 3.25. The van der Waals surface area contributed by atoms with Crippen LogP contribution in [0.1, 0.15) is 35.2 Å². The lowest BCUT2D eigenvalue weighted by Crippen LogP contribution is -2.50. The smallest absolute Gasteiger partial charge is 0.251 e. The van der Waals surface area contributed by atoms with Gasteiger partial charge >= 0.3 is 0 Å². The molecule has 0 aromatic heterocycles. The van der Waals surface area contributed by atoms with E-state index >= 15 is 0 Å². The Labute approximate surface area is 136 Å². The molecule has 124 valence electrons. The SMILES string of the molecule is O=C(N[C@@H]1COC[C@H]1N1CCCC1)c1ccc2c(c1)CCCO2. The van der Waals surface area contributed by atoms with Crippen LogP contribution in [0.4, 0.5) is 0 Å². The molecule has 2 atom stereocenters. The van der Waals surface area contributed by atoms with E-state index in [-0.39, 0.29) is 11.9 Å². The number of nitrogens with one attached hydrogen (secondary N) is 1. The normalized spacial score (nSPS) is 27.5. The number of benzene rings is 1. The van der Waals surface area contributed by atoms with Crippen LogP contribution in [-0.2, 0) is 11.2 Å². The van der Waals surface area contributed by atoms with Gasteiger partial charge in [-0.2, -0.15) is 0 Å². The van der Waals surface area contributed by atoms with Crippen LogP contribution in [0, 0.1) is 0 Å². The number of fused-ring (bicyclic) bond motifs is 1. The Balaban J connectivity index is 1.44. The maximum Gasteiger partial charge on any atom is 0.251 e. The largest absolute Gasteiger partial charge is 0.493 e. The molecule has 5 nitrogen and oxygen atoms in total. The highest BCUT2D eigenvalue weighted by Crippen LogP contribution is 2.26. The summed E-state index contributed by atoms with van der Waals surface area (Å²) in [7, 11) is 0. The number of hydrogen-bond donors (Lipinski definition) is 1. The monoisotopic (exact) mass is 316 g/mol. The van der Waals surface area contributed by atoms with Crippen LogP contribution < -0.4 is 10.1 Å². The van der Waals surface area contributed by atoms with E-state index in [2.05, 4.69) is 10.2 Å². The van der Waals surface area contributed by atoms with E-state index < -0.39 is 0 Å². The van der Waals surface area contributed by atoms with E-state index in [1.54, 1.807) is 0 Å². The summed E-state index contributed by atoms with van der Waals surface area (Å²) in [6.45, 7) is 4.35. The number of ether oxygens (including phenoxy) is 2. The topological polar surface area (TPSA) is 50.8 Å². The first-order valence-corrected chi connectivity index (χ1v) is 8.70. The Bertz CT molecular complexity index is 584. The first-order valence-electron chi connectivity index (χ1n) is 8.70. The zero-order valence-electron chi connectivity index (χ0n) is 13.4. The molecule has 0 unspecified atom stereocenters. The lowest BCUT2D eigenvalue weighted by Gasteiger charge is -2.28. The molecule has 0 radical (unpaired) electrons. The van der Waals surface area contributed by atoms with E-state index in [0.29, 0.717) is 12.6 Å². The fraction of sp³-hybridized carbons (Fsp3) is 0.611. The molecule has 2 saturated heterocycles. The molecule has 3 aliphatic rings. The van der Waals surface area contributed by atoms with Gasteiger partial charge in [-0.1, -0.05) is 0 Å². The van der Waals surface area contributed by atoms with Gasteiger partial charge in [0.15, 0.2) is 0 Å². The van der Waals surface area contributed by atoms with Crippen LogP contribution in [0.5, 0.6) is 5.75 Å². The summed E-state index contributed by atoms with van der Waals surface area (Å²) in [6, 6.07) is 6.17. The third-order valence-corrected chi connectivity index (χ3v) is 5.15. The van der Waals surface area contributed by atoms with Gasteiger partial charge in [0.1, 0.15) is 5.75 Å². The summed E-state index contributed by atoms with van der Waals surface area (Å²) in [5.41, 5.74) is 1.86. The highest BCUT2D eigenvalue weighted by Gasteiger charge is 2.35. The fourth-order valence-electron chi connectivity index (χ4n) is 3.87. The second-order valence-electron chi connectivity index (χ2n) is 6.70. The molecule has 5 heteroatoms. The molecule has 1 amide bonds. The van der Waals surface area contributed by atoms with E-state index in [9.17, 15) is 4.79 Å². The molecule has 0 saturated carbocycles. The second kappa shape index (κ2) is 6.49. The number of likely N-dealkylation sites (tertiary alicyclic amines) is 1. The van der Waals surface area contributed by atoms with E-state index in [0.717, 1.165) is 56.0 Å². The standard InChI is InChI=1S/C18H24N2O3/c21-18(14-5-6-17-13(10-14)4-3-9-23-17)19-15-11-22-12-16(15)20-7-1-2-8-20/h5-6,10,15-16H,1-4,7-9,11-12H2,(H,19,21)/t15-,16-/m1/s1. The van der Waals surface area contributed by atoms with E-state index in [1.165, 1.54) is 12.8 Å². The van der Waals surface area contributed by atoms with Crippen LogP contribution in [0.3, 0.4) is 0 Å². The second-order valence-corrected chi connectivity index (χ2v) is 6.70. The molecule has 3 heterocycles. The van der Waals surface area contributed by atoms with Gasteiger partial charge in [0, 0.05) is 5.56 Å². The number of nitrogens with zero attached hydrogens (tertiary/aromatic N) is 1. The van der Waals surface area contributed by atoms with Gasteiger partial charge in [-0.05, 0) is 62.5 Å². The maximum absolute atomic E-state index is 12.6. The van der Waals surface area contributed by atoms with Crippen LogP contribution >= 0.6 is 0 Å². The van der Waals surface area contributed by atoms with Crippen molar-refractivity contribution >= 4 is 5.91 Å². The molecule has 2 fully saturated rings. The van der Waals surface area contributed by atoms with Crippen molar-refractivity contribution in [3.63, 3.8) is 0 Å². The van der Waals surface area contributed by atoms with E-state index in [4.69, 9.17) is 9.47 Å². The van der Waals surface area contributed by atoms with Crippen molar-refractivity contribution in [3.8, 4) is 5.75 Å². The summed E-state index contributed by atoms with van der Waals surface area (Å²) in [5, 5.41) is 3.18. The fourth-order valence-corrected chi connectivity index (χ4v) is 3.87. The minimum atomic E-state index is -0.00179. The Morgan fingerprint density at radius 1 is 1.17 bits per heavy atom. The minimum Gasteiger partial charge on any atom is -0.493 e. The summed E-state index contributed by atoms with van der Waals surface area (Å²) in [4.78, 5) is 15.1. The van der Waals surface area contributed by atoms with Gasteiger partial charge in [-0.15, -0.1) is 0 Å². The minimum absolute atomic E-state index is 0.00179. The van der Waals surface area contributed by atoms with Crippen molar-refractivity contribution in [2.24, 2.45) is 0 Å². The molecule has 0 spiro atoms. The molecule has 1 N–H and O–H groups in total. The van der Waals surface area contributed by atoms with Crippen LogP contribution in [0.2, 0.25) is 0 Å². The van der Waals surface area contributed by atoms with Crippen molar-refractivity contribution < 1.29 is 14.3 Å². The van der Waals surface area contributed by atoms with Gasteiger partial charge in [-0.25, -0.2) is 0 Å². The molecule has 23 heavy (non-hydrogen) atoms. The van der Waals surface area contributed by atoms with Crippen molar-refractivity contribution in [1.29, 1.82) is 0 Å². The van der Waals surface area contributed by atoms with Crippen LogP contribution in [-0.4, -0.2) is 55.8 Å². The summed E-state index contributed by atoms with van der Waals surface area (Å²) in [6.07, 6.45) is 4.51. The predicted octanol–water partition coefficient (Wildman–Crippen LogP) is 1.60. The lowest BCUT2D eigenvalue weighted by atomic mass is 10.0. The van der Waals surface area contributed by atoms with Gasteiger partial charge in [-0.3, -0.25) is 9.69 Å². The van der Waals surface area contributed by atoms with Gasteiger partial charge < -0.3 is 14.8 Å². The van der Waals surface area contributed by atoms with Crippen molar-refractivity contribution in [2.45, 2.75) is 37.8 Å². The molecule has 1 aromatic rings. The Hall–Kier alpha value is -1.59. The van der Waals surface area contributed by atoms with E-state index in [1.807, 2.05) is 18.2 Å². The van der Waals surface area contributed by atoms with Crippen LogP contribution in [0.25, 0.3) is 0 Å². The number of carbonyl (C=O) groups is 1. The molecular formula is C18H24N2O3. The van der Waals surface area contributed by atoms with Crippen molar-refractivity contribution in [1.82, 2.24) is 10.2 Å². The third kappa shape index (κ3) is 3.08.